The number of aliphatic imine (C=N–C) groups is 1. The first-order chi connectivity index (χ1) is 12.1. The van der Waals surface area contributed by atoms with E-state index in [2.05, 4.69) is 25.3 Å². The summed E-state index contributed by atoms with van der Waals surface area (Å²) < 4.78 is 0. The van der Waals surface area contributed by atoms with Gasteiger partial charge in [-0.2, -0.15) is 0 Å². The lowest BCUT2D eigenvalue weighted by Crippen LogP contribution is -2.19. The number of nitrogens with two attached hydrogens (primary N) is 1. The molecule has 3 aromatic rings. The molecule has 2 aromatic heterocycles. The molecule has 0 unspecified atom stereocenters. The summed E-state index contributed by atoms with van der Waals surface area (Å²) in [7, 11) is 1.82. The summed E-state index contributed by atoms with van der Waals surface area (Å²) in [6.07, 6.45) is 2.83. The second-order valence-corrected chi connectivity index (χ2v) is 5.65. The number of rotatable bonds is 5. The Morgan fingerprint density at radius 1 is 1.24 bits per heavy atom. The standard InChI is InChI=1S/C17H15ClN6O/c1-20-8-13(10-3-2-4-11(18)7-10)24-17-15-14(22-9-23-17)12(16(19)25)5-6-21-15/h2-7,9,20H,8H2,1H3,(H2,19,25)/b24-13+. The first-order valence-electron chi connectivity index (χ1n) is 7.47. The lowest BCUT2D eigenvalue weighted by atomic mass is 10.1. The van der Waals surface area contributed by atoms with Crippen LogP contribution >= 0.6 is 11.6 Å². The van der Waals surface area contributed by atoms with Crippen molar-refractivity contribution in [3.63, 3.8) is 0 Å². The van der Waals surface area contributed by atoms with E-state index >= 15 is 0 Å². The maximum Gasteiger partial charge on any atom is 0.251 e. The SMILES string of the molecule is CNC/C(=N\c1ncnc2c(C(N)=O)ccnc12)c1cccc(Cl)c1. The third-order valence-electron chi connectivity index (χ3n) is 3.51. The number of carbonyl (C=O) groups excluding carboxylic acids is 1. The summed E-state index contributed by atoms with van der Waals surface area (Å²) in [5, 5.41) is 3.69. The van der Waals surface area contributed by atoms with Crippen LogP contribution in [-0.4, -0.2) is 40.2 Å². The fraction of sp³-hybridized carbons (Fsp3) is 0.118. The number of fused-ring (bicyclic) bond motifs is 1. The minimum absolute atomic E-state index is 0.279. The number of aromatic nitrogens is 3. The maximum atomic E-state index is 11.6. The average Bonchev–Trinajstić information content (AvgIpc) is 2.61. The van der Waals surface area contributed by atoms with Gasteiger partial charge >= 0.3 is 0 Å². The molecule has 1 amide bonds. The van der Waals surface area contributed by atoms with E-state index in [1.165, 1.54) is 18.6 Å². The largest absolute Gasteiger partial charge is 0.366 e. The molecule has 0 atom stereocenters. The molecule has 0 saturated carbocycles. The van der Waals surface area contributed by atoms with Gasteiger partial charge in [0, 0.05) is 17.8 Å². The van der Waals surface area contributed by atoms with Crippen LogP contribution in [0.25, 0.3) is 11.0 Å². The minimum atomic E-state index is -0.577. The zero-order valence-corrected chi connectivity index (χ0v) is 14.2. The van der Waals surface area contributed by atoms with Crippen LogP contribution in [0.4, 0.5) is 5.82 Å². The highest BCUT2D eigenvalue weighted by atomic mass is 35.5. The van der Waals surface area contributed by atoms with Gasteiger partial charge < -0.3 is 11.1 Å². The van der Waals surface area contributed by atoms with Gasteiger partial charge in [-0.05, 0) is 30.8 Å². The quantitative estimate of drug-likeness (QED) is 0.682. The van der Waals surface area contributed by atoms with Crippen molar-refractivity contribution < 1.29 is 4.79 Å². The van der Waals surface area contributed by atoms with E-state index in [0.717, 1.165) is 11.3 Å². The summed E-state index contributed by atoms with van der Waals surface area (Å²) >= 11 is 6.08. The molecule has 126 valence electrons. The van der Waals surface area contributed by atoms with Crippen molar-refractivity contribution in [3.05, 3.63) is 59.0 Å². The Kier molecular flexibility index (Phi) is 4.97. The molecule has 8 heteroatoms. The molecule has 3 rings (SSSR count). The van der Waals surface area contributed by atoms with E-state index in [1.54, 1.807) is 6.07 Å². The van der Waals surface area contributed by atoms with Crippen LogP contribution in [0.5, 0.6) is 0 Å². The van der Waals surface area contributed by atoms with Gasteiger partial charge in [0.25, 0.3) is 5.91 Å². The molecule has 0 aliphatic carbocycles. The molecule has 3 N–H and O–H groups in total. The zero-order valence-electron chi connectivity index (χ0n) is 13.4. The summed E-state index contributed by atoms with van der Waals surface area (Å²) in [6, 6.07) is 8.90. The molecule has 0 spiro atoms. The highest BCUT2D eigenvalue weighted by Gasteiger charge is 2.13. The lowest BCUT2D eigenvalue weighted by Gasteiger charge is -2.08. The molecule has 1 aromatic carbocycles. The number of amides is 1. The molecule has 7 nitrogen and oxygen atoms in total. The second-order valence-electron chi connectivity index (χ2n) is 5.22. The molecule has 0 bridgehead atoms. The zero-order chi connectivity index (χ0) is 17.8. The Morgan fingerprint density at radius 2 is 2.08 bits per heavy atom. The van der Waals surface area contributed by atoms with E-state index in [-0.39, 0.29) is 5.56 Å². The van der Waals surface area contributed by atoms with Crippen molar-refractivity contribution in [2.45, 2.75) is 0 Å². The maximum absolute atomic E-state index is 11.6. The van der Waals surface area contributed by atoms with Crippen LogP contribution in [0.15, 0.2) is 47.8 Å². The van der Waals surface area contributed by atoms with Gasteiger partial charge in [0.15, 0.2) is 5.82 Å². The summed E-state index contributed by atoms with van der Waals surface area (Å²) in [4.78, 5) is 28.8. The molecular weight excluding hydrogens is 340 g/mol. The molecular formula is C17H15ClN6O. The molecule has 0 aliphatic rings. The number of halogens is 1. The van der Waals surface area contributed by atoms with Gasteiger partial charge in [-0.3, -0.25) is 9.78 Å². The van der Waals surface area contributed by atoms with E-state index < -0.39 is 5.91 Å². The molecule has 0 radical (unpaired) electrons. The number of primary amides is 1. The van der Waals surface area contributed by atoms with Gasteiger partial charge in [-0.15, -0.1) is 0 Å². The van der Waals surface area contributed by atoms with Crippen molar-refractivity contribution in [3.8, 4) is 0 Å². The lowest BCUT2D eigenvalue weighted by molar-refractivity contribution is 0.100. The van der Waals surface area contributed by atoms with Crippen LogP contribution in [0, 0.1) is 0 Å². The first-order valence-corrected chi connectivity index (χ1v) is 7.85. The number of hydrogen-bond donors (Lipinski definition) is 2. The highest BCUT2D eigenvalue weighted by Crippen LogP contribution is 2.23. The fourth-order valence-corrected chi connectivity index (χ4v) is 2.59. The predicted octanol–water partition coefficient (Wildman–Crippen LogP) is 2.12. The predicted molar refractivity (Wildman–Crippen MR) is 97.4 cm³/mol. The Morgan fingerprint density at radius 3 is 2.80 bits per heavy atom. The Labute approximate surface area is 149 Å². The third-order valence-corrected chi connectivity index (χ3v) is 3.75. The Hall–Kier alpha value is -2.90. The smallest absolute Gasteiger partial charge is 0.251 e. The highest BCUT2D eigenvalue weighted by molar-refractivity contribution is 6.31. The topological polar surface area (TPSA) is 106 Å². The van der Waals surface area contributed by atoms with Crippen LogP contribution in [0.2, 0.25) is 5.02 Å². The van der Waals surface area contributed by atoms with Crippen LogP contribution < -0.4 is 11.1 Å². The number of pyridine rings is 1. The van der Waals surface area contributed by atoms with Gasteiger partial charge in [0.2, 0.25) is 0 Å². The monoisotopic (exact) mass is 354 g/mol. The van der Waals surface area contributed by atoms with Crippen molar-refractivity contribution >= 4 is 40.1 Å². The van der Waals surface area contributed by atoms with E-state index in [1.807, 2.05) is 25.2 Å². The van der Waals surface area contributed by atoms with Crippen molar-refractivity contribution in [1.82, 2.24) is 20.3 Å². The summed E-state index contributed by atoms with van der Waals surface area (Å²) in [5.74, 6) is -0.218. The van der Waals surface area contributed by atoms with Crippen molar-refractivity contribution in [1.29, 1.82) is 0 Å². The number of nitrogens with zero attached hydrogens (tertiary/aromatic N) is 4. The second kappa shape index (κ2) is 7.33. The van der Waals surface area contributed by atoms with E-state index in [9.17, 15) is 4.79 Å². The van der Waals surface area contributed by atoms with Gasteiger partial charge in [0.05, 0.1) is 11.3 Å². The molecule has 2 heterocycles. The Balaban J connectivity index is 2.18. The number of hydrogen-bond acceptors (Lipinski definition) is 6. The van der Waals surface area contributed by atoms with E-state index in [4.69, 9.17) is 17.3 Å². The number of carbonyl (C=O) groups is 1. The fourth-order valence-electron chi connectivity index (χ4n) is 2.40. The minimum Gasteiger partial charge on any atom is -0.366 e. The number of likely N-dealkylation sites (N-methyl/N-ethyl adjacent to an activating group) is 1. The van der Waals surface area contributed by atoms with Crippen LogP contribution in [-0.2, 0) is 0 Å². The molecule has 0 aliphatic heterocycles. The van der Waals surface area contributed by atoms with Gasteiger partial charge in [-0.25, -0.2) is 15.0 Å². The Bertz CT molecular complexity index is 972. The third kappa shape index (κ3) is 3.62. The van der Waals surface area contributed by atoms with Crippen molar-refractivity contribution in [2.75, 3.05) is 13.6 Å². The number of benzene rings is 1. The summed E-state index contributed by atoms with van der Waals surface area (Å²) in [5.41, 5.74) is 8.06. The molecule has 0 fully saturated rings. The first kappa shape index (κ1) is 16.9. The summed E-state index contributed by atoms with van der Waals surface area (Å²) in [6.45, 7) is 0.501. The average molecular weight is 355 g/mol. The van der Waals surface area contributed by atoms with Crippen LogP contribution in [0.3, 0.4) is 0 Å². The van der Waals surface area contributed by atoms with Gasteiger partial charge in [0.1, 0.15) is 17.4 Å². The normalized spacial score (nSPS) is 11.7. The van der Waals surface area contributed by atoms with Crippen molar-refractivity contribution in [2.24, 2.45) is 10.7 Å². The molecule has 25 heavy (non-hydrogen) atoms. The molecule has 0 saturated heterocycles. The van der Waals surface area contributed by atoms with E-state index in [0.29, 0.717) is 28.4 Å². The van der Waals surface area contributed by atoms with Gasteiger partial charge in [-0.1, -0.05) is 23.7 Å². The van der Waals surface area contributed by atoms with Crippen LogP contribution in [0.1, 0.15) is 15.9 Å². The number of nitrogens with one attached hydrogen (secondary N) is 1.